The second-order valence-electron chi connectivity index (χ2n) is 6.55. The molecule has 146 valence electrons. The predicted molar refractivity (Wildman–Crippen MR) is 104 cm³/mol. The number of anilines is 1. The van der Waals surface area contributed by atoms with E-state index in [4.69, 9.17) is 9.47 Å². The monoisotopic (exact) mass is 400 g/mol. The van der Waals surface area contributed by atoms with E-state index in [0.717, 1.165) is 27.9 Å². The van der Waals surface area contributed by atoms with Crippen LogP contribution >= 0.6 is 11.3 Å². The number of H-pyrrole nitrogens is 1. The summed E-state index contributed by atoms with van der Waals surface area (Å²) in [6, 6.07) is 5.51. The molecule has 1 fully saturated rings. The number of aryl methyl sites for hydroxylation is 1. The van der Waals surface area contributed by atoms with Crippen molar-refractivity contribution in [2.45, 2.75) is 25.8 Å². The minimum atomic E-state index is -0.305. The maximum absolute atomic E-state index is 12.0. The number of rotatable bonds is 8. The highest BCUT2D eigenvalue weighted by molar-refractivity contribution is 7.11. The van der Waals surface area contributed by atoms with Crippen LogP contribution in [0, 0.1) is 12.8 Å². The van der Waals surface area contributed by atoms with Crippen LogP contribution < -0.4 is 20.3 Å². The summed E-state index contributed by atoms with van der Waals surface area (Å²) in [7, 11) is 1.62. The normalized spacial score (nSPS) is 17.9. The molecule has 0 bridgehead atoms. The molecule has 9 nitrogen and oxygen atoms in total. The number of aromatic nitrogens is 5. The third-order valence-corrected chi connectivity index (χ3v) is 5.36. The number of hydrogen-bond donors (Lipinski definition) is 2. The van der Waals surface area contributed by atoms with Gasteiger partial charge in [-0.25, -0.2) is 5.10 Å². The molecule has 0 spiro atoms. The van der Waals surface area contributed by atoms with E-state index in [-0.39, 0.29) is 5.56 Å². The fourth-order valence-electron chi connectivity index (χ4n) is 2.89. The third-order valence-electron chi connectivity index (χ3n) is 4.52. The van der Waals surface area contributed by atoms with E-state index in [1.807, 2.05) is 19.1 Å². The highest BCUT2D eigenvalue weighted by Crippen LogP contribution is 2.46. The summed E-state index contributed by atoms with van der Waals surface area (Å²) < 4.78 is 10.9. The SMILES string of the molecule is COc1ccc([C@H]2C[C@@H]2COc2cc(NCc3nnc(C)s3)c(=O)[nH]n2)nc1. The van der Waals surface area contributed by atoms with Crippen molar-refractivity contribution in [2.75, 3.05) is 19.0 Å². The lowest BCUT2D eigenvalue weighted by atomic mass is 10.2. The van der Waals surface area contributed by atoms with Crippen LogP contribution in [-0.4, -0.2) is 39.1 Å². The molecule has 0 radical (unpaired) electrons. The fraction of sp³-hybridized carbons (Fsp3) is 0.389. The molecular formula is C18H20N6O3S. The molecule has 0 aliphatic heterocycles. The zero-order chi connectivity index (χ0) is 19.5. The molecule has 28 heavy (non-hydrogen) atoms. The minimum absolute atomic E-state index is 0.305. The van der Waals surface area contributed by atoms with Crippen molar-refractivity contribution in [1.29, 1.82) is 0 Å². The Bertz CT molecular complexity index is 1000. The predicted octanol–water partition coefficient (Wildman–Crippen LogP) is 2.13. The topological polar surface area (TPSA) is 115 Å². The zero-order valence-corrected chi connectivity index (χ0v) is 16.3. The van der Waals surface area contributed by atoms with Gasteiger partial charge in [0.25, 0.3) is 5.56 Å². The number of ether oxygens (including phenoxy) is 2. The van der Waals surface area contributed by atoms with Crippen LogP contribution in [0.25, 0.3) is 0 Å². The summed E-state index contributed by atoms with van der Waals surface area (Å²) in [5.74, 6) is 1.89. The zero-order valence-electron chi connectivity index (χ0n) is 15.5. The Morgan fingerprint density at radius 3 is 2.96 bits per heavy atom. The second kappa shape index (κ2) is 7.93. The van der Waals surface area contributed by atoms with Crippen molar-refractivity contribution in [2.24, 2.45) is 5.92 Å². The molecule has 1 aliphatic carbocycles. The molecule has 3 heterocycles. The molecule has 0 saturated heterocycles. The van der Waals surface area contributed by atoms with Gasteiger partial charge in [0.2, 0.25) is 5.88 Å². The van der Waals surface area contributed by atoms with Crippen molar-refractivity contribution < 1.29 is 9.47 Å². The first-order valence-corrected chi connectivity index (χ1v) is 9.69. The average Bonchev–Trinajstić information content (AvgIpc) is 3.38. The van der Waals surface area contributed by atoms with Crippen LogP contribution in [0.5, 0.6) is 11.6 Å². The molecule has 0 unspecified atom stereocenters. The summed E-state index contributed by atoms with van der Waals surface area (Å²) in [5, 5.41) is 19.2. The quantitative estimate of drug-likeness (QED) is 0.591. The van der Waals surface area contributed by atoms with E-state index in [2.05, 4.69) is 30.7 Å². The molecule has 1 saturated carbocycles. The van der Waals surface area contributed by atoms with Crippen LogP contribution in [0.3, 0.4) is 0 Å². The van der Waals surface area contributed by atoms with Gasteiger partial charge in [-0.15, -0.1) is 15.3 Å². The van der Waals surface area contributed by atoms with E-state index in [0.29, 0.717) is 36.6 Å². The number of nitrogens with one attached hydrogen (secondary N) is 2. The van der Waals surface area contributed by atoms with Gasteiger partial charge < -0.3 is 14.8 Å². The Hall–Kier alpha value is -3.01. The lowest BCUT2D eigenvalue weighted by molar-refractivity contribution is 0.282. The molecule has 10 heteroatoms. The molecule has 1 aliphatic rings. The van der Waals surface area contributed by atoms with Crippen LogP contribution in [0.2, 0.25) is 0 Å². The van der Waals surface area contributed by atoms with E-state index in [9.17, 15) is 4.79 Å². The molecule has 2 atom stereocenters. The summed E-state index contributed by atoms with van der Waals surface area (Å²) in [6.07, 6.45) is 2.75. The van der Waals surface area contributed by atoms with Crippen molar-refractivity contribution in [3.05, 3.63) is 50.5 Å². The van der Waals surface area contributed by atoms with Crippen molar-refractivity contribution in [1.82, 2.24) is 25.4 Å². The second-order valence-corrected chi connectivity index (χ2v) is 7.82. The summed E-state index contributed by atoms with van der Waals surface area (Å²) >= 11 is 1.48. The summed E-state index contributed by atoms with van der Waals surface area (Å²) in [6.45, 7) is 2.83. The highest BCUT2D eigenvalue weighted by Gasteiger charge is 2.40. The van der Waals surface area contributed by atoms with Gasteiger partial charge in [0, 0.05) is 23.6 Å². The standard InChI is InChI=1S/C18H20N6O3S/c1-10-21-23-17(28-10)8-20-15-6-16(22-24-18(15)25)27-9-11-5-13(11)14-4-3-12(26-2)7-19-14/h3-4,6-7,11,13H,5,8-9H2,1-2H3,(H,20,22)(H,24,25)/t11-,13+/m1/s1. The molecule has 3 aromatic rings. The first kappa shape index (κ1) is 18.4. The average molecular weight is 400 g/mol. The van der Waals surface area contributed by atoms with Gasteiger partial charge in [0.15, 0.2) is 0 Å². The molecule has 0 amide bonds. The van der Waals surface area contributed by atoms with Crippen LogP contribution in [0.15, 0.2) is 29.2 Å². The van der Waals surface area contributed by atoms with Gasteiger partial charge in [-0.2, -0.15) is 0 Å². The summed E-state index contributed by atoms with van der Waals surface area (Å²) in [4.78, 5) is 16.4. The van der Waals surface area contributed by atoms with E-state index in [1.165, 1.54) is 11.3 Å². The number of hydrogen-bond acceptors (Lipinski definition) is 9. The van der Waals surface area contributed by atoms with Gasteiger partial charge in [-0.3, -0.25) is 9.78 Å². The molecule has 2 N–H and O–H groups in total. The summed E-state index contributed by atoms with van der Waals surface area (Å²) in [5.41, 5.74) is 1.13. The van der Waals surface area contributed by atoms with Gasteiger partial charge in [-0.1, -0.05) is 11.3 Å². The van der Waals surface area contributed by atoms with Gasteiger partial charge in [-0.05, 0) is 25.5 Å². The smallest absolute Gasteiger partial charge is 0.287 e. The number of nitrogens with zero attached hydrogens (tertiary/aromatic N) is 4. The molecule has 4 rings (SSSR count). The lowest BCUT2D eigenvalue weighted by Crippen LogP contribution is -2.16. The third kappa shape index (κ3) is 4.28. The number of pyridine rings is 1. The first-order valence-electron chi connectivity index (χ1n) is 8.87. The van der Waals surface area contributed by atoms with Crippen molar-refractivity contribution in [3.63, 3.8) is 0 Å². The Morgan fingerprint density at radius 2 is 2.25 bits per heavy atom. The Kier molecular flexibility index (Phi) is 5.20. The molecular weight excluding hydrogens is 380 g/mol. The van der Waals surface area contributed by atoms with Gasteiger partial charge >= 0.3 is 0 Å². The van der Waals surface area contributed by atoms with Crippen molar-refractivity contribution >= 4 is 17.0 Å². The van der Waals surface area contributed by atoms with Gasteiger partial charge in [0.05, 0.1) is 26.5 Å². The highest BCUT2D eigenvalue weighted by atomic mass is 32.1. The van der Waals surface area contributed by atoms with Crippen LogP contribution in [-0.2, 0) is 6.54 Å². The number of methoxy groups -OCH3 is 1. The lowest BCUT2D eigenvalue weighted by Gasteiger charge is -2.07. The van der Waals surface area contributed by atoms with Gasteiger partial charge in [0.1, 0.15) is 21.5 Å². The Labute approximate surface area is 165 Å². The van der Waals surface area contributed by atoms with Crippen molar-refractivity contribution in [3.8, 4) is 11.6 Å². The van der Waals surface area contributed by atoms with E-state index in [1.54, 1.807) is 19.4 Å². The van der Waals surface area contributed by atoms with Crippen LogP contribution in [0.4, 0.5) is 5.69 Å². The minimum Gasteiger partial charge on any atom is -0.495 e. The Morgan fingerprint density at radius 1 is 1.36 bits per heavy atom. The van der Waals surface area contributed by atoms with Crippen LogP contribution in [0.1, 0.15) is 28.0 Å². The van der Waals surface area contributed by atoms with E-state index >= 15 is 0 Å². The molecule has 3 aromatic heterocycles. The molecule has 0 aromatic carbocycles. The maximum Gasteiger partial charge on any atom is 0.287 e. The first-order chi connectivity index (χ1) is 13.6. The van der Waals surface area contributed by atoms with E-state index < -0.39 is 0 Å². The Balaban J connectivity index is 1.32. The number of aromatic amines is 1. The largest absolute Gasteiger partial charge is 0.495 e. The maximum atomic E-state index is 12.0. The fourth-order valence-corrected chi connectivity index (χ4v) is 3.54.